The van der Waals surface area contributed by atoms with E-state index >= 15 is 0 Å². The van der Waals surface area contributed by atoms with Gasteiger partial charge in [-0.1, -0.05) is 0 Å². The number of alkyl halides is 2. The number of hydrogen-bond donors (Lipinski definition) is 0. The average molecular weight is 236 g/mol. The number of hydrogen-bond acceptors (Lipinski definition) is 3. The molecule has 0 aliphatic rings. The van der Waals surface area contributed by atoms with Crippen molar-refractivity contribution >= 4 is 16.8 Å². The van der Waals surface area contributed by atoms with Crippen molar-refractivity contribution in [3.05, 3.63) is 22.9 Å². The van der Waals surface area contributed by atoms with Crippen molar-refractivity contribution in [2.45, 2.75) is 13.3 Å². The largest absolute Gasteiger partial charge is 0.481 e. The summed E-state index contributed by atoms with van der Waals surface area (Å²) in [5.41, 5.74) is -0.498. The summed E-state index contributed by atoms with van der Waals surface area (Å²) in [5.74, 6) is 0.114. The third-order valence-electron chi connectivity index (χ3n) is 1.93. The fourth-order valence-corrected chi connectivity index (χ4v) is 1.50. The molecule has 0 bridgehead atoms. The molecule has 0 aliphatic carbocycles. The molecule has 0 aromatic carbocycles. The fourth-order valence-electron chi connectivity index (χ4n) is 1.25. The van der Waals surface area contributed by atoms with Crippen molar-refractivity contribution in [1.29, 1.82) is 0 Å². The van der Waals surface area contributed by atoms with E-state index in [9.17, 15) is 13.6 Å². The van der Waals surface area contributed by atoms with E-state index in [1.54, 1.807) is 0 Å². The summed E-state index contributed by atoms with van der Waals surface area (Å²) in [6.07, 6.45) is -1.90. The lowest BCUT2D eigenvalue weighted by molar-refractivity contribution is 0.106. The molecule has 0 unspecified atom stereocenters. The predicted octanol–water partition coefficient (Wildman–Crippen LogP) is 2.72. The maximum absolute atomic E-state index is 12.5. The van der Waals surface area contributed by atoms with Crippen molar-refractivity contribution in [2.24, 2.45) is 0 Å². The first-order valence-electron chi connectivity index (χ1n) is 4.00. The minimum absolute atomic E-state index is 0.114. The zero-order valence-electron chi connectivity index (χ0n) is 8.05. The molecular formula is C9H8ClF2NO2. The lowest BCUT2D eigenvalue weighted by atomic mass is 10.1. The second-order valence-corrected chi connectivity index (χ2v) is 3.14. The molecule has 82 valence electrons. The first-order chi connectivity index (χ1) is 6.99. The Labute approximate surface area is 90.0 Å². The Morgan fingerprint density at radius 3 is 2.60 bits per heavy atom. The van der Waals surface area contributed by atoms with E-state index in [0.717, 1.165) is 6.20 Å². The number of pyridine rings is 1. The van der Waals surface area contributed by atoms with Gasteiger partial charge in [-0.25, -0.2) is 13.8 Å². The second-order valence-electron chi connectivity index (χ2n) is 2.80. The Kier molecular flexibility index (Phi) is 3.57. The molecule has 0 saturated heterocycles. The van der Waals surface area contributed by atoms with Gasteiger partial charge in [0.1, 0.15) is 0 Å². The summed E-state index contributed by atoms with van der Waals surface area (Å²) in [5, 5.41) is -0.941. The monoisotopic (exact) mass is 235 g/mol. The summed E-state index contributed by atoms with van der Waals surface area (Å²) < 4.78 is 29.8. The molecule has 1 rings (SSSR count). The van der Waals surface area contributed by atoms with Crippen LogP contribution in [-0.2, 0) is 0 Å². The van der Waals surface area contributed by atoms with Crippen LogP contribution >= 0.6 is 11.6 Å². The first kappa shape index (κ1) is 11.8. The SMILES string of the molecule is COc1ncc(C(F)F)c(C(=O)Cl)c1C. The maximum Gasteiger partial charge on any atom is 0.266 e. The third kappa shape index (κ3) is 2.23. The van der Waals surface area contributed by atoms with Crippen LogP contribution < -0.4 is 4.74 Å². The quantitative estimate of drug-likeness (QED) is 0.756. The van der Waals surface area contributed by atoms with Crippen LogP contribution in [0.1, 0.15) is 27.9 Å². The van der Waals surface area contributed by atoms with Crippen LogP contribution in [0.2, 0.25) is 0 Å². The van der Waals surface area contributed by atoms with Crippen LogP contribution in [0, 0.1) is 6.92 Å². The van der Waals surface area contributed by atoms with Gasteiger partial charge in [0.25, 0.3) is 11.7 Å². The summed E-state index contributed by atoms with van der Waals surface area (Å²) in [6, 6.07) is 0. The molecule has 0 spiro atoms. The topological polar surface area (TPSA) is 39.2 Å². The summed E-state index contributed by atoms with van der Waals surface area (Å²) >= 11 is 5.23. The molecule has 0 saturated carbocycles. The Morgan fingerprint density at radius 1 is 1.60 bits per heavy atom. The van der Waals surface area contributed by atoms with E-state index in [0.29, 0.717) is 0 Å². The standard InChI is InChI=1S/C9H8ClF2NO2/c1-4-6(7(10)14)5(8(11)12)3-13-9(4)15-2/h3,8H,1-2H3. The molecule has 1 aromatic rings. The smallest absolute Gasteiger partial charge is 0.266 e. The molecule has 0 fully saturated rings. The lowest BCUT2D eigenvalue weighted by Crippen LogP contribution is -2.05. The lowest BCUT2D eigenvalue weighted by Gasteiger charge is -2.10. The van der Waals surface area contributed by atoms with E-state index < -0.39 is 17.2 Å². The average Bonchev–Trinajstić information content (AvgIpc) is 2.16. The highest BCUT2D eigenvalue weighted by atomic mass is 35.5. The minimum atomic E-state index is -2.79. The fraction of sp³-hybridized carbons (Fsp3) is 0.333. The predicted molar refractivity (Wildman–Crippen MR) is 50.7 cm³/mol. The van der Waals surface area contributed by atoms with Gasteiger partial charge in [-0.3, -0.25) is 4.79 Å². The molecule has 0 N–H and O–H groups in total. The highest BCUT2D eigenvalue weighted by Gasteiger charge is 2.22. The van der Waals surface area contributed by atoms with Crippen LogP contribution in [0.5, 0.6) is 5.88 Å². The molecule has 0 amide bonds. The summed E-state index contributed by atoms with van der Waals surface area (Å²) in [7, 11) is 1.33. The normalized spacial score (nSPS) is 10.5. The van der Waals surface area contributed by atoms with E-state index in [-0.39, 0.29) is 17.0 Å². The number of carbonyl (C=O) groups excluding carboxylic acids is 1. The van der Waals surface area contributed by atoms with Gasteiger partial charge in [0.15, 0.2) is 0 Å². The zero-order chi connectivity index (χ0) is 11.6. The third-order valence-corrected chi connectivity index (χ3v) is 2.12. The van der Waals surface area contributed by atoms with E-state index in [2.05, 4.69) is 4.98 Å². The van der Waals surface area contributed by atoms with Crippen LogP contribution in [-0.4, -0.2) is 17.3 Å². The molecule has 0 aliphatic heterocycles. The van der Waals surface area contributed by atoms with E-state index in [1.165, 1.54) is 14.0 Å². The van der Waals surface area contributed by atoms with E-state index in [1.807, 2.05) is 0 Å². The molecule has 0 radical (unpaired) electrons. The van der Waals surface area contributed by atoms with E-state index in [4.69, 9.17) is 16.3 Å². The molecule has 3 nitrogen and oxygen atoms in total. The van der Waals surface area contributed by atoms with Crippen LogP contribution in [0.4, 0.5) is 8.78 Å². The van der Waals surface area contributed by atoms with Crippen molar-refractivity contribution in [1.82, 2.24) is 4.98 Å². The minimum Gasteiger partial charge on any atom is -0.481 e. The molecule has 0 atom stereocenters. The Bertz CT molecular complexity index is 396. The summed E-state index contributed by atoms with van der Waals surface area (Å²) in [6.45, 7) is 1.45. The van der Waals surface area contributed by atoms with Crippen LogP contribution in [0.25, 0.3) is 0 Å². The van der Waals surface area contributed by atoms with Gasteiger partial charge >= 0.3 is 0 Å². The first-order valence-corrected chi connectivity index (χ1v) is 4.38. The Hall–Kier alpha value is -1.23. The van der Waals surface area contributed by atoms with Crippen molar-refractivity contribution in [3.63, 3.8) is 0 Å². The molecule has 1 aromatic heterocycles. The number of halogens is 3. The zero-order valence-corrected chi connectivity index (χ0v) is 8.81. The highest BCUT2D eigenvalue weighted by Crippen LogP contribution is 2.29. The van der Waals surface area contributed by atoms with Gasteiger partial charge in [0, 0.05) is 17.3 Å². The molecular weight excluding hydrogens is 228 g/mol. The number of aromatic nitrogens is 1. The number of rotatable bonds is 3. The second kappa shape index (κ2) is 4.53. The van der Waals surface area contributed by atoms with Gasteiger partial charge in [0.05, 0.1) is 12.7 Å². The van der Waals surface area contributed by atoms with Gasteiger partial charge in [-0.15, -0.1) is 0 Å². The maximum atomic E-state index is 12.5. The molecule has 6 heteroatoms. The van der Waals surface area contributed by atoms with Gasteiger partial charge < -0.3 is 4.74 Å². The Balaban J connectivity index is 3.44. The van der Waals surface area contributed by atoms with Gasteiger partial charge in [-0.05, 0) is 18.5 Å². The van der Waals surface area contributed by atoms with Crippen LogP contribution in [0.15, 0.2) is 6.20 Å². The molecule has 1 heterocycles. The van der Waals surface area contributed by atoms with Crippen molar-refractivity contribution in [2.75, 3.05) is 7.11 Å². The summed E-state index contributed by atoms with van der Waals surface area (Å²) in [4.78, 5) is 14.7. The van der Waals surface area contributed by atoms with Crippen LogP contribution in [0.3, 0.4) is 0 Å². The highest BCUT2D eigenvalue weighted by molar-refractivity contribution is 6.68. The number of ether oxygens (including phenoxy) is 1. The van der Waals surface area contributed by atoms with Gasteiger partial charge in [0.2, 0.25) is 5.88 Å². The van der Waals surface area contributed by atoms with Crippen molar-refractivity contribution < 1.29 is 18.3 Å². The van der Waals surface area contributed by atoms with Gasteiger partial charge in [-0.2, -0.15) is 0 Å². The number of nitrogens with zero attached hydrogens (tertiary/aromatic N) is 1. The Morgan fingerprint density at radius 2 is 2.20 bits per heavy atom. The number of carbonyl (C=O) groups is 1. The molecule has 15 heavy (non-hydrogen) atoms. The van der Waals surface area contributed by atoms with Crippen molar-refractivity contribution in [3.8, 4) is 5.88 Å². The number of methoxy groups -OCH3 is 1.